The Morgan fingerprint density at radius 2 is 1.90 bits per heavy atom. The molecule has 118 valence electrons. The normalized spacial score (nSPS) is 26.2. The van der Waals surface area contributed by atoms with Crippen LogP contribution in [-0.2, 0) is 4.74 Å². The summed E-state index contributed by atoms with van der Waals surface area (Å²) in [5, 5.41) is 3.57. The number of halogens is 3. The van der Waals surface area contributed by atoms with E-state index in [2.05, 4.69) is 15.0 Å². The van der Waals surface area contributed by atoms with Gasteiger partial charge in [-0.15, -0.1) is 0 Å². The van der Waals surface area contributed by atoms with Crippen LogP contribution < -0.4 is 5.32 Å². The molecule has 2 fully saturated rings. The molecule has 0 aromatic carbocycles. The molecule has 0 radical (unpaired) electrons. The van der Waals surface area contributed by atoms with Crippen LogP contribution in [0, 0.1) is 5.92 Å². The van der Waals surface area contributed by atoms with Crippen molar-refractivity contribution in [2.24, 2.45) is 5.92 Å². The van der Waals surface area contributed by atoms with Gasteiger partial charge in [0.2, 0.25) is 0 Å². The zero-order chi connectivity index (χ0) is 14.4. The highest BCUT2D eigenvalue weighted by Crippen LogP contribution is 2.25. The lowest BCUT2D eigenvalue weighted by Gasteiger charge is -2.34. The van der Waals surface area contributed by atoms with Crippen molar-refractivity contribution in [1.29, 1.82) is 0 Å². The fourth-order valence-corrected chi connectivity index (χ4v) is 3.27. The fourth-order valence-electron chi connectivity index (χ4n) is 3.27. The first-order valence-corrected chi connectivity index (χ1v) is 7.65. The van der Waals surface area contributed by atoms with Crippen molar-refractivity contribution < 1.29 is 17.9 Å². The van der Waals surface area contributed by atoms with Crippen LogP contribution in [0.25, 0.3) is 0 Å². The lowest BCUT2D eigenvalue weighted by atomic mass is 9.88. The monoisotopic (exact) mass is 294 g/mol. The predicted molar refractivity (Wildman–Crippen MR) is 71.7 cm³/mol. The van der Waals surface area contributed by atoms with E-state index in [1.165, 1.54) is 25.7 Å². The maximum atomic E-state index is 11.9. The SMILES string of the molecule is FC(F)(F)COCCCN1CCC(C2CCCN2)CC1. The number of likely N-dealkylation sites (tertiary alicyclic amines) is 1. The molecule has 2 saturated heterocycles. The Balaban J connectivity index is 1.51. The maximum absolute atomic E-state index is 11.9. The van der Waals surface area contributed by atoms with Crippen molar-refractivity contribution in [1.82, 2.24) is 10.2 Å². The molecule has 0 aliphatic carbocycles. The molecule has 0 aromatic rings. The first kappa shape index (κ1) is 16.0. The van der Waals surface area contributed by atoms with Crippen molar-refractivity contribution >= 4 is 0 Å². The standard InChI is InChI=1S/C14H25F3N2O/c15-14(16,17)11-20-10-2-7-19-8-4-12(5-9-19)13-3-1-6-18-13/h12-13,18H,1-11H2. The molecule has 20 heavy (non-hydrogen) atoms. The van der Waals surface area contributed by atoms with Gasteiger partial charge in [0.25, 0.3) is 0 Å². The number of hydrogen-bond donors (Lipinski definition) is 1. The van der Waals surface area contributed by atoms with E-state index in [1.54, 1.807) is 0 Å². The van der Waals surface area contributed by atoms with Crippen LogP contribution >= 0.6 is 0 Å². The van der Waals surface area contributed by atoms with E-state index in [0.717, 1.165) is 32.1 Å². The summed E-state index contributed by atoms with van der Waals surface area (Å²) in [5.74, 6) is 0.787. The third kappa shape index (κ3) is 5.58. The predicted octanol–water partition coefficient (Wildman–Crippen LogP) is 2.42. The van der Waals surface area contributed by atoms with E-state index >= 15 is 0 Å². The van der Waals surface area contributed by atoms with Crippen LogP contribution in [0.4, 0.5) is 13.2 Å². The smallest absolute Gasteiger partial charge is 0.372 e. The largest absolute Gasteiger partial charge is 0.411 e. The molecule has 1 atom stereocenters. The van der Waals surface area contributed by atoms with Crippen molar-refractivity contribution in [3.05, 3.63) is 0 Å². The summed E-state index contributed by atoms with van der Waals surface area (Å²) >= 11 is 0. The molecule has 0 spiro atoms. The van der Waals surface area contributed by atoms with Gasteiger partial charge in [-0.2, -0.15) is 13.2 Å². The van der Waals surface area contributed by atoms with Gasteiger partial charge in [-0.1, -0.05) is 0 Å². The van der Waals surface area contributed by atoms with Crippen molar-refractivity contribution in [3.8, 4) is 0 Å². The van der Waals surface area contributed by atoms with Crippen molar-refractivity contribution in [2.45, 2.75) is 44.3 Å². The Labute approximate surface area is 118 Å². The molecule has 0 bridgehead atoms. The number of nitrogens with one attached hydrogen (secondary N) is 1. The topological polar surface area (TPSA) is 24.5 Å². The molecule has 6 heteroatoms. The van der Waals surface area contributed by atoms with E-state index in [4.69, 9.17) is 0 Å². The molecule has 2 aliphatic rings. The number of nitrogens with zero attached hydrogens (tertiary/aromatic N) is 1. The second-order valence-corrected chi connectivity index (χ2v) is 5.90. The van der Waals surface area contributed by atoms with Gasteiger partial charge in [0.15, 0.2) is 0 Å². The van der Waals surface area contributed by atoms with Gasteiger partial charge in [-0.25, -0.2) is 0 Å². The average Bonchev–Trinajstić information content (AvgIpc) is 2.92. The Morgan fingerprint density at radius 1 is 1.15 bits per heavy atom. The molecule has 0 saturated carbocycles. The van der Waals surface area contributed by atoms with Crippen LogP contribution in [-0.4, -0.2) is 56.5 Å². The number of rotatable bonds is 6. The van der Waals surface area contributed by atoms with Crippen LogP contribution in [0.1, 0.15) is 32.1 Å². The molecule has 0 amide bonds. The molecular weight excluding hydrogens is 269 g/mol. The molecule has 2 heterocycles. The average molecular weight is 294 g/mol. The van der Waals surface area contributed by atoms with Crippen LogP contribution in [0.15, 0.2) is 0 Å². The third-order valence-corrected chi connectivity index (χ3v) is 4.33. The Bertz CT molecular complexity index is 272. The summed E-state index contributed by atoms with van der Waals surface area (Å²) < 4.78 is 40.3. The van der Waals surface area contributed by atoms with Crippen LogP contribution in [0.2, 0.25) is 0 Å². The van der Waals surface area contributed by atoms with Gasteiger partial charge in [0.05, 0.1) is 0 Å². The van der Waals surface area contributed by atoms with E-state index in [1.807, 2.05) is 0 Å². The molecule has 2 rings (SSSR count). The highest BCUT2D eigenvalue weighted by Gasteiger charge is 2.28. The zero-order valence-corrected chi connectivity index (χ0v) is 11.9. The van der Waals surface area contributed by atoms with E-state index in [9.17, 15) is 13.2 Å². The Hall–Kier alpha value is -0.330. The quantitative estimate of drug-likeness (QED) is 0.761. The van der Waals surface area contributed by atoms with Crippen molar-refractivity contribution in [2.75, 3.05) is 39.4 Å². The molecule has 1 N–H and O–H groups in total. The lowest BCUT2D eigenvalue weighted by Crippen LogP contribution is -2.41. The highest BCUT2D eigenvalue weighted by atomic mass is 19.4. The van der Waals surface area contributed by atoms with E-state index < -0.39 is 12.8 Å². The molecule has 3 nitrogen and oxygen atoms in total. The molecular formula is C14H25F3N2O. The molecule has 0 aromatic heterocycles. The van der Waals surface area contributed by atoms with Crippen LogP contribution in [0.3, 0.4) is 0 Å². The number of hydrogen-bond acceptors (Lipinski definition) is 3. The second-order valence-electron chi connectivity index (χ2n) is 5.90. The highest BCUT2D eigenvalue weighted by molar-refractivity contribution is 4.85. The van der Waals surface area contributed by atoms with Crippen LogP contribution in [0.5, 0.6) is 0 Å². The van der Waals surface area contributed by atoms with Gasteiger partial charge in [-0.05, 0) is 57.7 Å². The number of ether oxygens (including phenoxy) is 1. The molecule has 1 unspecified atom stereocenters. The van der Waals surface area contributed by atoms with Gasteiger partial charge in [0.1, 0.15) is 6.61 Å². The second kappa shape index (κ2) is 7.61. The zero-order valence-electron chi connectivity index (χ0n) is 11.9. The van der Waals surface area contributed by atoms with E-state index in [-0.39, 0.29) is 6.61 Å². The minimum atomic E-state index is -4.20. The summed E-state index contributed by atoms with van der Waals surface area (Å²) in [4.78, 5) is 2.35. The first-order chi connectivity index (χ1) is 9.54. The fraction of sp³-hybridized carbons (Fsp3) is 1.00. The van der Waals surface area contributed by atoms with Gasteiger partial charge in [0, 0.05) is 19.2 Å². The maximum Gasteiger partial charge on any atom is 0.411 e. The summed E-state index contributed by atoms with van der Waals surface area (Å²) in [6.07, 6.45) is 1.49. The van der Waals surface area contributed by atoms with Crippen molar-refractivity contribution in [3.63, 3.8) is 0 Å². The minimum absolute atomic E-state index is 0.198. The van der Waals surface area contributed by atoms with Gasteiger partial charge >= 0.3 is 6.18 Å². The number of piperidine rings is 1. The number of alkyl halides is 3. The minimum Gasteiger partial charge on any atom is -0.372 e. The third-order valence-electron chi connectivity index (χ3n) is 4.33. The lowest BCUT2D eigenvalue weighted by molar-refractivity contribution is -0.174. The Morgan fingerprint density at radius 3 is 2.50 bits per heavy atom. The summed E-state index contributed by atoms with van der Waals surface area (Å²) in [6, 6.07) is 0.701. The molecule has 2 aliphatic heterocycles. The van der Waals surface area contributed by atoms with Gasteiger partial charge in [-0.3, -0.25) is 0 Å². The summed E-state index contributed by atoms with van der Waals surface area (Å²) in [6.45, 7) is 3.22. The summed E-state index contributed by atoms with van der Waals surface area (Å²) in [7, 11) is 0. The van der Waals surface area contributed by atoms with Gasteiger partial charge < -0.3 is 15.0 Å². The summed E-state index contributed by atoms with van der Waals surface area (Å²) in [5.41, 5.74) is 0. The van der Waals surface area contributed by atoms with E-state index in [0.29, 0.717) is 12.5 Å². The Kier molecular flexibility index (Phi) is 6.11. The first-order valence-electron chi connectivity index (χ1n) is 7.65.